The van der Waals surface area contributed by atoms with Gasteiger partial charge < -0.3 is 74.4 Å². The van der Waals surface area contributed by atoms with E-state index in [4.69, 9.17) is 23.4 Å². The van der Waals surface area contributed by atoms with Crippen LogP contribution >= 0.6 is 0 Å². The number of hydrogen-bond acceptors (Lipinski definition) is 16. The molecule has 0 amide bonds. The highest BCUT2D eigenvalue weighted by atomic mass is 16.7. The largest absolute Gasteiger partial charge is 0.507 e. The molecule has 0 radical (unpaired) electrons. The molecular weight excluding hydrogens is 580 g/mol. The first-order chi connectivity index (χ1) is 20.4. The van der Waals surface area contributed by atoms with E-state index < -0.39 is 97.3 Å². The fourth-order valence-electron chi connectivity index (χ4n) is 4.81. The summed E-state index contributed by atoms with van der Waals surface area (Å²) in [6, 6.07) is 7.01. The normalized spacial score (nSPS) is 33.0. The molecule has 1 aromatic heterocycles. The van der Waals surface area contributed by atoms with Gasteiger partial charge >= 0.3 is 0 Å². The third kappa shape index (κ3) is 5.98. The van der Waals surface area contributed by atoms with Crippen LogP contribution in [0, 0.1) is 0 Å². The standard InChI is InChI=1S/C27H30O16/c28-7-17-20(33)22(35)24(37)26(42-17)39-8-18-21(34)23(36)25(38)27(43-18)40-10-4-13(31)19-14(32)6-15(41-16(19)5-10)9-1-2-11(29)12(30)3-9/h1-6,17-18,20-31,33-38H,7-8H2. The summed E-state index contributed by atoms with van der Waals surface area (Å²) < 4.78 is 27.6. The number of ether oxygens (including phenoxy) is 4. The van der Waals surface area contributed by atoms with Crippen LogP contribution in [0.3, 0.4) is 0 Å². The van der Waals surface area contributed by atoms with Gasteiger partial charge in [-0.05, 0) is 18.2 Å². The molecule has 16 nitrogen and oxygen atoms in total. The van der Waals surface area contributed by atoms with Crippen molar-refractivity contribution in [3.05, 3.63) is 46.6 Å². The maximum absolute atomic E-state index is 12.7. The lowest BCUT2D eigenvalue weighted by molar-refractivity contribution is -0.323. The molecule has 43 heavy (non-hydrogen) atoms. The number of fused-ring (bicyclic) bond motifs is 1. The van der Waals surface area contributed by atoms with Crippen LogP contribution < -0.4 is 10.2 Å². The molecule has 10 unspecified atom stereocenters. The molecule has 0 aliphatic carbocycles. The predicted molar refractivity (Wildman–Crippen MR) is 140 cm³/mol. The van der Waals surface area contributed by atoms with E-state index in [0.29, 0.717) is 0 Å². The van der Waals surface area contributed by atoms with Crippen molar-refractivity contribution >= 4 is 11.0 Å². The Morgan fingerprint density at radius 3 is 2.02 bits per heavy atom. The predicted octanol–water partition coefficient (Wildman–Crippen LogP) is -2.42. The third-order valence-electron chi connectivity index (χ3n) is 7.24. The van der Waals surface area contributed by atoms with Crippen molar-refractivity contribution in [2.45, 2.75) is 61.4 Å². The van der Waals surface area contributed by atoms with Crippen LogP contribution in [0.4, 0.5) is 0 Å². The molecule has 0 bridgehead atoms. The Kier molecular flexibility index (Phi) is 8.77. The van der Waals surface area contributed by atoms with Gasteiger partial charge in [0.15, 0.2) is 23.2 Å². The first-order valence-corrected chi connectivity index (χ1v) is 13.0. The molecule has 0 spiro atoms. The fourth-order valence-corrected chi connectivity index (χ4v) is 4.81. The summed E-state index contributed by atoms with van der Waals surface area (Å²) in [5.41, 5.74) is -0.588. The maximum atomic E-state index is 12.7. The average Bonchev–Trinajstić information content (AvgIpc) is 2.97. The zero-order valence-corrected chi connectivity index (χ0v) is 22.1. The molecule has 2 aliphatic heterocycles. The first-order valence-electron chi connectivity index (χ1n) is 13.0. The van der Waals surface area contributed by atoms with Crippen molar-refractivity contribution in [3.63, 3.8) is 0 Å². The van der Waals surface area contributed by atoms with Gasteiger partial charge in [-0.1, -0.05) is 0 Å². The van der Waals surface area contributed by atoms with Crippen molar-refractivity contribution in [1.29, 1.82) is 0 Å². The lowest BCUT2D eigenvalue weighted by Crippen LogP contribution is -2.62. The number of rotatable bonds is 7. The Morgan fingerprint density at radius 2 is 1.35 bits per heavy atom. The SMILES string of the molecule is O=c1cc(-c2ccc(O)c(O)c2)oc2cc(OC3OC(COC4OC(CO)C(O)C(O)C4O)C(O)C(O)C3O)cc(O)c12. The van der Waals surface area contributed by atoms with Gasteiger partial charge in [-0.2, -0.15) is 0 Å². The topological polar surface area (TPSA) is 269 Å². The molecule has 2 aromatic carbocycles. The van der Waals surface area contributed by atoms with Gasteiger partial charge in [0.1, 0.15) is 77.1 Å². The monoisotopic (exact) mass is 610 g/mol. The van der Waals surface area contributed by atoms with E-state index >= 15 is 0 Å². The van der Waals surface area contributed by atoms with Crippen molar-refractivity contribution < 1.29 is 74.4 Å². The maximum Gasteiger partial charge on any atom is 0.229 e. The average molecular weight is 611 g/mol. The summed E-state index contributed by atoms with van der Waals surface area (Å²) >= 11 is 0. The molecule has 2 fully saturated rings. The first kappa shape index (κ1) is 30.9. The van der Waals surface area contributed by atoms with Gasteiger partial charge in [0.2, 0.25) is 6.29 Å². The summed E-state index contributed by atoms with van der Waals surface area (Å²) in [6.45, 7) is -1.29. The van der Waals surface area contributed by atoms with Crippen LogP contribution in [0.25, 0.3) is 22.3 Å². The molecule has 234 valence electrons. The molecule has 0 saturated carbocycles. The Balaban J connectivity index is 1.36. The highest BCUT2D eigenvalue weighted by Gasteiger charge is 2.48. The zero-order chi connectivity index (χ0) is 31.2. The minimum atomic E-state index is -1.83. The van der Waals surface area contributed by atoms with Crippen LogP contribution in [0.2, 0.25) is 0 Å². The quantitative estimate of drug-likeness (QED) is 0.125. The minimum absolute atomic E-state index is 0.0257. The summed E-state index contributed by atoms with van der Waals surface area (Å²) in [5.74, 6) is -1.64. The Bertz CT molecular complexity index is 1510. The van der Waals surface area contributed by atoms with Gasteiger partial charge in [-0.15, -0.1) is 0 Å². The second-order valence-electron chi connectivity index (χ2n) is 10.2. The van der Waals surface area contributed by atoms with Crippen molar-refractivity contribution in [2.75, 3.05) is 13.2 Å². The summed E-state index contributed by atoms with van der Waals surface area (Å²) in [5, 5.41) is 100. The molecular formula is C27H30O16. The van der Waals surface area contributed by atoms with Crippen molar-refractivity contribution in [2.24, 2.45) is 0 Å². The third-order valence-corrected chi connectivity index (χ3v) is 7.24. The van der Waals surface area contributed by atoms with Gasteiger partial charge in [-0.25, -0.2) is 0 Å². The second kappa shape index (κ2) is 12.2. The lowest BCUT2D eigenvalue weighted by Gasteiger charge is -2.42. The van der Waals surface area contributed by atoms with Crippen molar-refractivity contribution in [1.82, 2.24) is 0 Å². The molecule has 3 heterocycles. The number of benzene rings is 2. The number of phenols is 3. The van der Waals surface area contributed by atoms with E-state index in [2.05, 4.69) is 0 Å². The second-order valence-corrected chi connectivity index (χ2v) is 10.2. The van der Waals surface area contributed by atoms with E-state index in [1.54, 1.807) is 0 Å². The van der Waals surface area contributed by atoms with Crippen LogP contribution in [0.5, 0.6) is 23.0 Å². The van der Waals surface area contributed by atoms with Gasteiger partial charge in [0, 0.05) is 23.8 Å². The summed E-state index contributed by atoms with van der Waals surface area (Å²) in [6.07, 6.45) is -16.4. The smallest absolute Gasteiger partial charge is 0.229 e. The van der Waals surface area contributed by atoms with Crippen LogP contribution in [0.1, 0.15) is 0 Å². The number of hydrogen-bond donors (Lipinski definition) is 10. The Hall–Kier alpha value is -3.55. The summed E-state index contributed by atoms with van der Waals surface area (Å²) in [7, 11) is 0. The lowest BCUT2D eigenvalue weighted by atomic mass is 9.98. The number of aliphatic hydroxyl groups excluding tert-OH is 7. The van der Waals surface area contributed by atoms with E-state index in [0.717, 1.165) is 18.2 Å². The number of phenolic OH excluding ortho intramolecular Hbond substituents is 3. The van der Waals surface area contributed by atoms with Gasteiger partial charge in [0.25, 0.3) is 0 Å². The molecule has 2 aliphatic rings. The summed E-state index contributed by atoms with van der Waals surface area (Å²) in [4.78, 5) is 12.7. The van der Waals surface area contributed by atoms with E-state index in [1.807, 2.05) is 0 Å². The Labute approximate surface area is 241 Å². The zero-order valence-electron chi connectivity index (χ0n) is 22.1. The number of aromatic hydroxyl groups is 3. The van der Waals surface area contributed by atoms with Gasteiger partial charge in [-0.3, -0.25) is 4.79 Å². The molecule has 16 heteroatoms. The molecule has 10 atom stereocenters. The van der Waals surface area contributed by atoms with Crippen molar-refractivity contribution in [3.8, 4) is 34.3 Å². The fraction of sp³-hybridized carbons (Fsp3) is 0.444. The highest BCUT2D eigenvalue weighted by molar-refractivity contribution is 5.86. The van der Waals surface area contributed by atoms with E-state index in [1.165, 1.54) is 18.2 Å². The molecule has 10 N–H and O–H groups in total. The minimum Gasteiger partial charge on any atom is -0.507 e. The van der Waals surface area contributed by atoms with E-state index in [9.17, 15) is 55.9 Å². The number of aliphatic hydroxyl groups is 7. The highest BCUT2D eigenvalue weighted by Crippen LogP contribution is 2.35. The van der Waals surface area contributed by atoms with Crippen LogP contribution in [-0.2, 0) is 14.2 Å². The molecule has 5 rings (SSSR count). The van der Waals surface area contributed by atoms with E-state index in [-0.39, 0.29) is 28.0 Å². The van der Waals surface area contributed by atoms with Crippen LogP contribution in [-0.4, -0.2) is 126 Å². The van der Waals surface area contributed by atoms with Gasteiger partial charge in [0.05, 0.1) is 13.2 Å². The molecule has 2 saturated heterocycles. The van der Waals surface area contributed by atoms with Crippen LogP contribution in [0.15, 0.2) is 45.6 Å². The molecule has 3 aromatic rings. The Morgan fingerprint density at radius 1 is 0.698 bits per heavy atom.